The van der Waals surface area contributed by atoms with Crippen LogP contribution in [-0.4, -0.2) is 29.5 Å². The second kappa shape index (κ2) is 9.21. The lowest BCUT2D eigenvalue weighted by Crippen LogP contribution is -2.55. The first-order valence-electron chi connectivity index (χ1n) is 11.4. The molecule has 2 fully saturated rings. The first kappa shape index (κ1) is 25.1. The van der Waals surface area contributed by atoms with Crippen LogP contribution in [-0.2, 0) is 16.0 Å². The molecule has 0 unspecified atom stereocenters. The van der Waals surface area contributed by atoms with Crippen molar-refractivity contribution in [2.45, 2.75) is 51.5 Å². The van der Waals surface area contributed by atoms with E-state index in [1.54, 1.807) is 7.05 Å². The molecule has 35 heavy (non-hydrogen) atoms. The molecule has 9 heteroatoms. The van der Waals surface area contributed by atoms with Crippen molar-refractivity contribution in [3.8, 4) is 0 Å². The highest BCUT2D eigenvalue weighted by atomic mass is 35.5. The Morgan fingerprint density at radius 3 is 2.46 bits per heavy atom. The van der Waals surface area contributed by atoms with Crippen molar-refractivity contribution in [2.75, 3.05) is 16.8 Å². The topological polar surface area (TPSA) is 57.0 Å². The number of thiocarbonyl (C=S) groups is 1. The van der Waals surface area contributed by atoms with Crippen LogP contribution < -0.4 is 15.1 Å². The molecule has 1 saturated heterocycles. The van der Waals surface area contributed by atoms with Gasteiger partial charge >= 0.3 is 0 Å². The number of benzene rings is 2. The Labute approximate surface area is 214 Å². The highest BCUT2D eigenvalue weighted by Gasteiger charge is 2.60. The van der Waals surface area contributed by atoms with Crippen molar-refractivity contribution < 1.29 is 14.0 Å². The molecule has 0 bridgehead atoms. The maximum Gasteiger partial charge on any atom is 0.259 e. The van der Waals surface area contributed by atoms with Gasteiger partial charge in [0.1, 0.15) is 5.54 Å². The minimum absolute atomic E-state index is 0.00108. The third-order valence-electron chi connectivity index (χ3n) is 7.07. The lowest BCUT2D eigenvalue weighted by Gasteiger charge is -2.43. The molecule has 2 aromatic rings. The third kappa shape index (κ3) is 4.07. The van der Waals surface area contributed by atoms with Gasteiger partial charge in [0, 0.05) is 18.2 Å². The summed E-state index contributed by atoms with van der Waals surface area (Å²) in [6.45, 7) is 11.0. The second-order valence-electron chi connectivity index (χ2n) is 9.62. The number of rotatable bonds is 6. The fourth-order valence-corrected chi connectivity index (χ4v) is 5.36. The van der Waals surface area contributed by atoms with E-state index in [9.17, 15) is 9.59 Å². The van der Waals surface area contributed by atoms with E-state index >= 15 is 4.39 Å². The Hall–Kier alpha value is -3.02. The summed E-state index contributed by atoms with van der Waals surface area (Å²) in [6, 6.07) is 10.5. The average Bonchev–Trinajstić information content (AvgIpc) is 3.06. The molecule has 2 amide bonds. The van der Waals surface area contributed by atoms with E-state index in [4.69, 9.17) is 30.4 Å². The van der Waals surface area contributed by atoms with Gasteiger partial charge in [-0.3, -0.25) is 14.5 Å². The molecule has 0 atom stereocenters. The van der Waals surface area contributed by atoms with Gasteiger partial charge in [0.05, 0.1) is 17.3 Å². The molecule has 1 heterocycles. The molecule has 1 saturated carbocycles. The maximum atomic E-state index is 15.1. The van der Waals surface area contributed by atoms with Gasteiger partial charge in [-0.05, 0) is 68.1 Å². The Balaban J connectivity index is 1.63. The Bertz CT molecular complexity index is 1250. The molecule has 2 aromatic carbocycles. The molecule has 1 spiro atoms. The number of nitrogens with zero attached hydrogens (tertiary/aromatic N) is 3. The van der Waals surface area contributed by atoms with E-state index in [0.717, 1.165) is 24.1 Å². The zero-order chi connectivity index (χ0) is 25.5. The van der Waals surface area contributed by atoms with Gasteiger partial charge in [0.25, 0.3) is 5.91 Å². The summed E-state index contributed by atoms with van der Waals surface area (Å²) in [6.07, 6.45) is 3.49. The number of anilines is 2. The quantitative estimate of drug-likeness (QED) is 0.393. The standard InChI is InChI=1S/C26H26ClFN4O2S/c1-25(2,22(33)30-4)15-12-16-6-8-17(9-7-16)32-24(35)31(23(34)26(32)13-5-14-26)19-11-10-18(29-3)20(27)21(19)28/h6-11H,5,12-15H2,1-2,4H3,(H,30,33). The molecule has 4 rings (SSSR count). The van der Waals surface area contributed by atoms with E-state index in [0.29, 0.717) is 19.3 Å². The van der Waals surface area contributed by atoms with Crippen molar-refractivity contribution in [2.24, 2.45) is 5.41 Å². The van der Waals surface area contributed by atoms with Crippen LogP contribution in [0.5, 0.6) is 0 Å². The zero-order valence-corrected chi connectivity index (χ0v) is 21.4. The number of aryl methyl sites for hydroxylation is 1. The molecule has 1 aliphatic heterocycles. The van der Waals surface area contributed by atoms with Crippen LogP contribution in [0.4, 0.5) is 21.5 Å². The molecule has 1 aliphatic carbocycles. The van der Waals surface area contributed by atoms with Crippen molar-refractivity contribution in [1.29, 1.82) is 0 Å². The molecular weight excluding hydrogens is 487 g/mol. The number of hydrogen-bond acceptors (Lipinski definition) is 3. The molecule has 0 radical (unpaired) electrons. The van der Waals surface area contributed by atoms with Gasteiger partial charge in [-0.25, -0.2) is 9.24 Å². The summed E-state index contributed by atoms with van der Waals surface area (Å²) in [7, 11) is 1.64. The van der Waals surface area contributed by atoms with E-state index < -0.39 is 16.8 Å². The van der Waals surface area contributed by atoms with Crippen LogP contribution in [0.3, 0.4) is 0 Å². The summed E-state index contributed by atoms with van der Waals surface area (Å²) in [5.74, 6) is -1.12. The smallest absolute Gasteiger partial charge is 0.259 e. The first-order chi connectivity index (χ1) is 16.6. The molecule has 0 aromatic heterocycles. The normalized spacial score (nSPS) is 16.9. The highest BCUT2D eigenvalue weighted by Crippen LogP contribution is 2.49. The lowest BCUT2D eigenvalue weighted by molar-refractivity contribution is -0.129. The average molecular weight is 513 g/mol. The van der Waals surface area contributed by atoms with Crippen LogP contribution in [0.15, 0.2) is 36.4 Å². The predicted molar refractivity (Wildman–Crippen MR) is 139 cm³/mol. The van der Waals surface area contributed by atoms with Gasteiger partial charge in [-0.2, -0.15) is 0 Å². The summed E-state index contributed by atoms with van der Waals surface area (Å²) >= 11 is 11.8. The Morgan fingerprint density at radius 2 is 1.91 bits per heavy atom. The largest absolute Gasteiger partial charge is 0.359 e. The number of hydrogen-bond donors (Lipinski definition) is 1. The fraction of sp³-hybridized carbons (Fsp3) is 0.385. The number of halogens is 2. The van der Waals surface area contributed by atoms with Gasteiger partial charge in [-0.1, -0.05) is 43.6 Å². The van der Waals surface area contributed by atoms with Crippen LogP contribution in [0.1, 0.15) is 45.1 Å². The maximum absolute atomic E-state index is 15.1. The monoisotopic (exact) mass is 512 g/mol. The SMILES string of the molecule is [C-]#[N+]c1ccc(N2C(=O)C3(CCC3)N(c3ccc(CCC(C)(C)C(=O)NC)cc3)C2=S)c(F)c1Cl. The molecule has 2 aliphatic rings. The van der Waals surface area contributed by atoms with Gasteiger partial charge in [0.15, 0.2) is 10.9 Å². The minimum atomic E-state index is -0.850. The van der Waals surface area contributed by atoms with Crippen LogP contribution in [0.25, 0.3) is 4.85 Å². The fourth-order valence-electron chi connectivity index (χ4n) is 4.70. The van der Waals surface area contributed by atoms with E-state index in [2.05, 4.69) is 10.2 Å². The van der Waals surface area contributed by atoms with Crippen LogP contribution >= 0.6 is 23.8 Å². The van der Waals surface area contributed by atoms with Crippen LogP contribution in [0, 0.1) is 17.8 Å². The van der Waals surface area contributed by atoms with E-state index in [-0.39, 0.29) is 33.3 Å². The Kier molecular flexibility index (Phi) is 6.60. The predicted octanol–water partition coefficient (Wildman–Crippen LogP) is 5.80. The van der Waals surface area contributed by atoms with E-state index in [1.807, 2.05) is 43.0 Å². The van der Waals surface area contributed by atoms with Gasteiger partial charge in [0.2, 0.25) is 11.6 Å². The lowest BCUT2D eigenvalue weighted by atomic mass is 9.75. The van der Waals surface area contributed by atoms with Crippen molar-refractivity contribution >= 4 is 57.8 Å². The number of amides is 2. The highest BCUT2D eigenvalue weighted by molar-refractivity contribution is 7.81. The van der Waals surface area contributed by atoms with E-state index in [1.165, 1.54) is 17.0 Å². The van der Waals surface area contributed by atoms with Crippen molar-refractivity contribution in [1.82, 2.24) is 5.32 Å². The van der Waals surface area contributed by atoms with Crippen molar-refractivity contribution in [3.05, 3.63) is 64.2 Å². The molecule has 182 valence electrons. The van der Waals surface area contributed by atoms with Crippen molar-refractivity contribution in [3.63, 3.8) is 0 Å². The molecule has 6 nitrogen and oxygen atoms in total. The second-order valence-corrected chi connectivity index (χ2v) is 10.4. The summed E-state index contributed by atoms with van der Waals surface area (Å²) < 4.78 is 15.1. The Morgan fingerprint density at radius 1 is 1.26 bits per heavy atom. The van der Waals surface area contributed by atoms with Gasteiger partial charge in [-0.15, -0.1) is 0 Å². The zero-order valence-electron chi connectivity index (χ0n) is 19.8. The van der Waals surface area contributed by atoms with Crippen LogP contribution in [0.2, 0.25) is 5.02 Å². The summed E-state index contributed by atoms with van der Waals surface area (Å²) in [5.41, 5.74) is 0.423. The third-order valence-corrected chi connectivity index (χ3v) is 7.80. The summed E-state index contributed by atoms with van der Waals surface area (Å²) in [5, 5.41) is 2.57. The first-order valence-corrected chi connectivity index (χ1v) is 12.2. The number of carbonyl (C=O) groups is 2. The molecular formula is C26H26ClFN4O2S. The molecule has 1 N–H and O–H groups in total. The number of carbonyl (C=O) groups excluding carboxylic acids is 2. The minimum Gasteiger partial charge on any atom is -0.359 e. The van der Waals surface area contributed by atoms with Gasteiger partial charge < -0.3 is 10.2 Å². The summed E-state index contributed by atoms with van der Waals surface area (Å²) in [4.78, 5) is 31.9. The number of nitrogens with one attached hydrogen (secondary N) is 1.